The van der Waals surface area contributed by atoms with Crippen LogP contribution in [0.25, 0.3) is 0 Å². The van der Waals surface area contributed by atoms with Gasteiger partial charge < -0.3 is 10.2 Å². The third kappa shape index (κ3) is 3.44. The van der Waals surface area contributed by atoms with Gasteiger partial charge in [-0.15, -0.1) is 0 Å². The minimum atomic E-state index is 0.634. The Bertz CT molecular complexity index is 370. The number of halogens is 1. The van der Waals surface area contributed by atoms with Gasteiger partial charge in [0.25, 0.3) is 0 Å². The van der Waals surface area contributed by atoms with Gasteiger partial charge in [-0.2, -0.15) is 0 Å². The molecule has 1 unspecified atom stereocenters. The zero-order valence-corrected chi connectivity index (χ0v) is 11.4. The summed E-state index contributed by atoms with van der Waals surface area (Å²) < 4.78 is 0. The molecular weight excluding hydrogens is 232 g/mol. The molecule has 1 aromatic rings. The van der Waals surface area contributed by atoms with Crippen molar-refractivity contribution >= 4 is 11.6 Å². The maximum absolute atomic E-state index is 6.35. The summed E-state index contributed by atoms with van der Waals surface area (Å²) in [6.45, 7) is 3.15. The van der Waals surface area contributed by atoms with Gasteiger partial charge in [0.2, 0.25) is 0 Å². The highest BCUT2D eigenvalue weighted by molar-refractivity contribution is 6.31. The first-order valence-corrected chi connectivity index (χ1v) is 6.68. The molecule has 3 heteroatoms. The van der Waals surface area contributed by atoms with Gasteiger partial charge in [0, 0.05) is 18.1 Å². The fourth-order valence-corrected chi connectivity index (χ4v) is 2.67. The Labute approximate surface area is 109 Å². The maximum atomic E-state index is 6.35. The molecule has 1 heterocycles. The molecule has 1 aliphatic heterocycles. The van der Waals surface area contributed by atoms with Crippen LogP contribution in [0.5, 0.6) is 0 Å². The Morgan fingerprint density at radius 3 is 2.82 bits per heavy atom. The molecule has 94 valence electrons. The van der Waals surface area contributed by atoms with Crippen molar-refractivity contribution in [3.05, 3.63) is 34.3 Å². The summed E-state index contributed by atoms with van der Waals surface area (Å²) in [6.07, 6.45) is 2.54. The lowest BCUT2D eigenvalue weighted by molar-refractivity contribution is 0.402. The van der Waals surface area contributed by atoms with Crippen molar-refractivity contribution in [2.24, 2.45) is 0 Å². The van der Waals surface area contributed by atoms with Crippen molar-refractivity contribution in [3.8, 4) is 0 Å². The SMILES string of the molecule is CN(C)Cc1ccc(C2CCCNC2)cc1Cl. The Hall–Kier alpha value is -0.570. The van der Waals surface area contributed by atoms with Crippen molar-refractivity contribution < 1.29 is 0 Å². The lowest BCUT2D eigenvalue weighted by Gasteiger charge is -2.23. The lowest BCUT2D eigenvalue weighted by atomic mass is 9.91. The number of hydrogen-bond acceptors (Lipinski definition) is 2. The van der Waals surface area contributed by atoms with Gasteiger partial charge >= 0.3 is 0 Å². The van der Waals surface area contributed by atoms with Gasteiger partial charge in [-0.1, -0.05) is 23.7 Å². The number of rotatable bonds is 3. The summed E-state index contributed by atoms with van der Waals surface area (Å²) in [7, 11) is 4.13. The molecule has 0 spiro atoms. The van der Waals surface area contributed by atoms with Crippen LogP contribution in [-0.4, -0.2) is 32.1 Å². The summed E-state index contributed by atoms with van der Waals surface area (Å²) in [5.74, 6) is 0.634. The van der Waals surface area contributed by atoms with E-state index in [0.29, 0.717) is 5.92 Å². The Kier molecular flexibility index (Phi) is 4.43. The van der Waals surface area contributed by atoms with Gasteiger partial charge in [0.1, 0.15) is 0 Å². The van der Waals surface area contributed by atoms with Gasteiger partial charge in [0.05, 0.1) is 0 Å². The second-order valence-corrected chi connectivity index (χ2v) is 5.54. The molecule has 1 saturated heterocycles. The predicted octanol–water partition coefficient (Wildman–Crippen LogP) is 2.87. The highest BCUT2D eigenvalue weighted by Crippen LogP contribution is 2.27. The van der Waals surface area contributed by atoms with E-state index in [1.807, 2.05) is 0 Å². The average molecular weight is 253 g/mol. The second kappa shape index (κ2) is 5.85. The number of nitrogens with zero attached hydrogens (tertiary/aromatic N) is 1. The number of benzene rings is 1. The van der Waals surface area contributed by atoms with Crippen molar-refractivity contribution in [2.45, 2.75) is 25.3 Å². The molecule has 0 bridgehead atoms. The normalized spacial score (nSPS) is 20.8. The number of hydrogen-bond donors (Lipinski definition) is 1. The van der Waals surface area contributed by atoms with E-state index in [-0.39, 0.29) is 0 Å². The molecule has 1 N–H and O–H groups in total. The third-order valence-electron chi connectivity index (χ3n) is 3.33. The molecule has 2 nitrogen and oxygen atoms in total. The molecule has 0 radical (unpaired) electrons. The van der Waals surface area contributed by atoms with E-state index in [1.165, 1.54) is 24.0 Å². The standard InChI is InChI=1S/C14H21ClN2/c1-17(2)10-13-6-5-11(8-14(13)15)12-4-3-7-16-9-12/h5-6,8,12,16H,3-4,7,9-10H2,1-2H3. The summed E-state index contributed by atoms with van der Waals surface area (Å²) in [5.41, 5.74) is 2.59. The first-order chi connectivity index (χ1) is 8.16. The van der Waals surface area contributed by atoms with Crippen LogP contribution < -0.4 is 5.32 Å². The molecule has 1 fully saturated rings. The van der Waals surface area contributed by atoms with Crippen LogP contribution in [0.3, 0.4) is 0 Å². The Morgan fingerprint density at radius 1 is 1.41 bits per heavy atom. The van der Waals surface area contributed by atoms with Crippen molar-refractivity contribution in [3.63, 3.8) is 0 Å². The quantitative estimate of drug-likeness (QED) is 0.890. The largest absolute Gasteiger partial charge is 0.316 e. The van der Waals surface area contributed by atoms with Crippen LogP contribution in [0.4, 0.5) is 0 Å². The van der Waals surface area contributed by atoms with E-state index < -0.39 is 0 Å². The summed E-state index contributed by atoms with van der Waals surface area (Å²) >= 11 is 6.35. The van der Waals surface area contributed by atoms with E-state index in [4.69, 9.17) is 11.6 Å². The molecule has 2 rings (SSSR count). The van der Waals surface area contributed by atoms with Crippen LogP contribution in [0.1, 0.15) is 29.9 Å². The molecule has 1 aromatic carbocycles. The van der Waals surface area contributed by atoms with Gasteiger partial charge in [-0.05, 0) is 56.6 Å². The fraction of sp³-hybridized carbons (Fsp3) is 0.571. The maximum Gasteiger partial charge on any atom is 0.0453 e. The van der Waals surface area contributed by atoms with Crippen LogP contribution in [0, 0.1) is 0 Å². The van der Waals surface area contributed by atoms with Crippen LogP contribution in [0.15, 0.2) is 18.2 Å². The smallest absolute Gasteiger partial charge is 0.0453 e. The van der Waals surface area contributed by atoms with E-state index in [2.05, 4.69) is 42.5 Å². The molecule has 1 atom stereocenters. The zero-order chi connectivity index (χ0) is 12.3. The summed E-state index contributed by atoms with van der Waals surface area (Å²) in [6, 6.07) is 6.56. The minimum absolute atomic E-state index is 0.634. The summed E-state index contributed by atoms with van der Waals surface area (Å²) in [4.78, 5) is 2.14. The Morgan fingerprint density at radius 2 is 2.24 bits per heavy atom. The minimum Gasteiger partial charge on any atom is -0.316 e. The highest BCUT2D eigenvalue weighted by Gasteiger charge is 2.16. The van der Waals surface area contributed by atoms with Crippen molar-refractivity contribution in [1.29, 1.82) is 0 Å². The van der Waals surface area contributed by atoms with E-state index in [1.54, 1.807) is 0 Å². The Balaban J connectivity index is 2.12. The van der Waals surface area contributed by atoms with Crippen LogP contribution >= 0.6 is 11.6 Å². The number of piperidine rings is 1. The van der Waals surface area contributed by atoms with Gasteiger partial charge in [-0.3, -0.25) is 0 Å². The first kappa shape index (κ1) is 12.9. The zero-order valence-electron chi connectivity index (χ0n) is 10.7. The second-order valence-electron chi connectivity index (χ2n) is 5.13. The van der Waals surface area contributed by atoms with Crippen molar-refractivity contribution in [2.75, 3.05) is 27.2 Å². The van der Waals surface area contributed by atoms with Gasteiger partial charge in [0.15, 0.2) is 0 Å². The van der Waals surface area contributed by atoms with Crippen LogP contribution in [-0.2, 0) is 6.54 Å². The fourth-order valence-electron chi connectivity index (χ4n) is 2.42. The van der Waals surface area contributed by atoms with Gasteiger partial charge in [-0.25, -0.2) is 0 Å². The molecule has 0 amide bonds. The molecule has 1 aliphatic rings. The third-order valence-corrected chi connectivity index (χ3v) is 3.68. The molecular formula is C14H21ClN2. The topological polar surface area (TPSA) is 15.3 Å². The molecule has 0 aliphatic carbocycles. The monoisotopic (exact) mass is 252 g/mol. The molecule has 0 saturated carbocycles. The van der Waals surface area contributed by atoms with E-state index in [0.717, 1.165) is 24.7 Å². The van der Waals surface area contributed by atoms with Crippen LogP contribution in [0.2, 0.25) is 5.02 Å². The predicted molar refractivity (Wildman–Crippen MR) is 73.7 cm³/mol. The van der Waals surface area contributed by atoms with Crippen molar-refractivity contribution in [1.82, 2.24) is 10.2 Å². The number of nitrogens with one attached hydrogen (secondary N) is 1. The first-order valence-electron chi connectivity index (χ1n) is 6.30. The summed E-state index contributed by atoms with van der Waals surface area (Å²) in [5, 5.41) is 4.35. The average Bonchev–Trinajstić information content (AvgIpc) is 2.32. The van der Waals surface area contributed by atoms with E-state index >= 15 is 0 Å². The highest BCUT2D eigenvalue weighted by atomic mass is 35.5. The molecule has 17 heavy (non-hydrogen) atoms. The van der Waals surface area contributed by atoms with E-state index in [9.17, 15) is 0 Å². The molecule has 0 aromatic heterocycles. The lowest BCUT2D eigenvalue weighted by Crippen LogP contribution is -2.28.